The van der Waals surface area contributed by atoms with Gasteiger partial charge in [0.15, 0.2) is 5.16 Å². The summed E-state index contributed by atoms with van der Waals surface area (Å²) < 4.78 is 34.2. The number of hydrogen-bond donors (Lipinski definition) is 0. The Balaban J connectivity index is 1.34. The molecular formula is C22H24N4O4S2. The molecule has 0 radical (unpaired) electrons. The topological polar surface area (TPSA) is 84.7 Å². The minimum Gasteiger partial charge on any atom is -0.497 e. The number of sulfonamides is 1. The molecule has 0 spiro atoms. The molecule has 1 fully saturated rings. The summed E-state index contributed by atoms with van der Waals surface area (Å²) in [5.41, 5.74) is 0.900. The number of hydrogen-bond acceptors (Lipinski definition) is 6. The average molecular weight is 473 g/mol. The molecule has 3 aromatic rings. The van der Waals surface area contributed by atoms with Gasteiger partial charge in [-0.15, -0.1) is 0 Å². The van der Waals surface area contributed by atoms with E-state index in [9.17, 15) is 13.2 Å². The van der Waals surface area contributed by atoms with Crippen LogP contribution in [0, 0.1) is 0 Å². The van der Waals surface area contributed by atoms with Gasteiger partial charge in [-0.3, -0.25) is 9.36 Å². The molecule has 1 saturated heterocycles. The smallest absolute Gasteiger partial charge is 0.243 e. The van der Waals surface area contributed by atoms with Gasteiger partial charge < -0.3 is 9.64 Å². The van der Waals surface area contributed by atoms with Crippen LogP contribution >= 0.6 is 11.8 Å². The number of benzene rings is 2. The predicted octanol–water partition coefficient (Wildman–Crippen LogP) is 2.51. The number of imidazole rings is 1. The number of rotatable bonds is 7. The van der Waals surface area contributed by atoms with Crippen LogP contribution in [0.25, 0.3) is 5.69 Å². The fourth-order valence-corrected chi connectivity index (χ4v) is 5.81. The van der Waals surface area contributed by atoms with Crippen LogP contribution in [0.4, 0.5) is 0 Å². The maximum Gasteiger partial charge on any atom is 0.243 e. The highest BCUT2D eigenvalue weighted by Gasteiger charge is 2.30. The lowest BCUT2D eigenvalue weighted by Gasteiger charge is -2.34. The molecule has 1 amide bonds. The molecular weight excluding hydrogens is 448 g/mol. The van der Waals surface area contributed by atoms with Gasteiger partial charge in [-0.25, -0.2) is 13.4 Å². The average Bonchev–Trinajstić information content (AvgIpc) is 3.32. The third kappa shape index (κ3) is 4.82. The fourth-order valence-electron chi connectivity index (χ4n) is 3.49. The molecule has 2 heterocycles. The molecule has 0 N–H and O–H groups in total. The van der Waals surface area contributed by atoms with Crippen LogP contribution in [0.5, 0.6) is 5.75 Å². The van der Waals surface area contributed by atoms with Crippen molar-refractivity contribution in [2.45, 2.75) is 10.1 Å². The van der Waals surface area contributed by atoms with Gasteiger partial charge in [0.1, 0.15) is 5.75 Å². The van der Waals surface area contributed by atoms with Gasteiger partial charge in [-0.2, -0.15) is 4.31 Å². The van der Waals surface area contributed by atoms with Crippen molar-refractivity contribution in [2.24, 2.45) is 0 Å². The van der Waals surface area contributed by atoms with Gasteiger partial charge in [-0.05, 0) is 24.3 Å². The number of piperazine rings is 1. The van der Waals surface area contributed by atoms with E-state index in [0.29, 0.717) is 18.2 Å². The minimum absolute atomic E-state index is 0.0352. The summed E-state index contributed by atoms with van der Waals surface area (Å²) in [4.78, 5) is 19.1. The maximum atomic E-state index is 12.8. The number of methoxy groups -OCH3 is 1. The highest BCUT2D eigenvalue weighted by atomic mass is 32.2. The number of ether oxygens (including phenoxy) is 1. The largest absolute Gasteiger partial charge is 0.497 e. The minimum atomic E-state index is -3.53. The van der Waals surface area contributed by atoms with Gasteiger partial charge in [-0.1, -0.05) is 36.0 Å². The molecule has 0 saturated carbocycles. The molecule has 0 unspecified atom stereocenters. The number of nitrogens with zero attached hydrogens (tertiary/aromatic N) is 4. The van der Waals surface area contributed by atoms with Crippen molar-refractivity contribution < 1.29 is 17.9 Å². The monoisotopic (exact) mass is 472 g/mol. The summed E-state index contributed by atoms with van der Waals surface area (Å²) in [6.07, 6.45) is 3.54. The summed E-state index contributed by atoms with van der Waals surface area (Å²) in [5.74, 6) is 0.936. The number of amides is 1. The van der Waals surface area contributed by atoms with Crippen LogP contribution < -0.4 is 4.74 Å². The van der Waals surface area contributed by atoms with Crippen molar-refractivity contribution >= 4 is 27.7 Å². The van der Waals surface area contributed by atoms with Crippen LogP contribution in [-0.4, -0.2) is 72.1 Å². The Labute approximate surface area is 191 Å². The van der Waals surface area contributed by atoms with Crippen LogP contribution in [-0.2, 0) is 14.8 Å². The van der Waals surface area contributed by atoms with Crippen molar-refractivity contribution in [3.8, 4) is 11.4 Å². The maximum absolute atomic E-state index is 12.8. The molecule has 32 heavy (non-hydrogen) atoms. The van der Waals surface area contributed by atoms with E-state index in [2.05, 4.69) is 4.98 Å². The summed E-state index contributed by atoms with van der Waals surface area (Å²) in [7, 11) is -1.92. The summed E-state index contributed by atoms with van der Waals surface area (Å²) in [5, 5.41) is 0.705. The van der Waals surface area contributed by atoms with Crippen molar-refractivity contribution in [1.82, 2.24) is 18.8 Å². The number of aromatic nitrogens is 2. The Kier molecular flexibility index (Phi) is 6.83. The standard InChI is InChI=1S/C22H24N4O4S2/c1-30-19-7-5-6-18(16-19)26-11-10-23-22(26)31-17-21(27)24-12-14-25(15-13-24)32(28,29)20-8-3-2-4-9-20/h2-11,16H,12-15,17H2,1H3. The van der Waals surface area contributed by atoms with Crippen LogP contribution in [0.15, 0.2) is 77.0 Å². The predicted molar refractivity (Wildman–Crippen MR) is 123 cm³/mol. The van der Waals surface area contributed by atoms with Gasteiger partial charge in [0.25, 0.3) is 0 Å². The van der Waals surface area contributed by atoms with E-state index in [1.807, 2.05) is 35.0 Å². The zero-order valence-electron chi connectivity index (χ0n) is 17.6. The zero-order chi connectivity index (χ0) is 22.6. The Bertz CT molecular complexity index is 1170. The van der Waals surface area contributed by atoms with Crippen molar-refractivity contribution in [2.75, 3.05) is 39.0 Å². The lowest BCUT2D eigenvalue weighted by Crippen LogP contribution is -2.50. The molecule has 168 valence electrons. The second-order valence-electron chi connectivity index (χ2n) is 7.17. The molecule has 0 aliphatic carbocycles. The van der Waals surface area contributed by atoms with Gasteiger partial charge in [0, 0.05) is 44.6 Å². The van der Waals surface area contributed by atoms with Gasteiger partial charge >= 0.3 is 0 Å². The second-order valence-corrected chi connectivity index (χ2v) is 10.0. The Hall–Kier alpha value is -2.82. The normalized spacial score (nSPS) is 15.0. The molecule has 2 aromatic carbocycles. The summed E-state index contributed by atoms with van der Waals surface area (Å²) >= 11 is 1.35. The van der Waals surface area contributed by atoms with E-state index in [1.54, 1.807) is 48.5 Å². The molecule has 1 aromatic heterocycles. The van der Waals surface area contributed by atoms with E-state index < -0.39 is 10.0 Å². The van der Waals surface area contributed by atoms with Crippen LogP contribution in [0.1, 0.15) is 0 Å². The van der Waals surface area contributed by atoms with E-state index in [4.69, 9.17) is 4.74 Å². The van der Waals surface area contributed by atoms with E-state index in [-0.39, 0.29) is 29.6 Å². The molecule has 4 rings (SSSR count). The summed E-state index contributed by atoms with van der Waals surface area (Å²) in [6.45, 7) is 1.31. The SMILES string of the molecule is COc1cccc(-n2ccnc2SCC(=O)N2CCN(S(=O)(=O)c3ccccc3)CC2)c1. The zero-order valence-corrected chi connectivity index (χ0v) is 19.3. The molecule has 1 aliphatic heterocycles. The van der Waals surface area contributed by atoms with E-state index >= 15 is 0 Å². The van der Waals surface area contributed by atoms with Crippen molar-refractivity contribution in [3.05, 3.63) is 67.0 Å². The highest BCUT2D eigenvalue weighted by Crippen LogP contribution is 2.24. The molecule has 0 atom stereocenters. The van der Waals surface area contributed by atoms with E-state index in [1.165, 1.54) is 16.1 Å². The van der Waals surface area contributed by atoms with E-state index in [0.717, 1.165) is 11.4 Å². The Morgan fingerprint density at radius 2 is 1.81 bits per heavy atom. The number of thioether (sulfide) groups is 1. The van der Waals surface area contributed by atoms with Crippen LogP contribution in [0.2, 0.25) is 0 Å². The van der Waals surface area contributed by atoms with Crippen molar-refractivity contribution in [3.63, 3.8) is 0 Å². The van der Waals surface area contributed by atoms with Crippen molar-refractivity contribution in [1.29, 1.82) is 0 Å². The fraction of sp³-hybridized carbons (Fsp3) is 0.273. The first kappa shape index (κ1) is 22.4. The third-order valence-corrected chi connectivity index (χ3v) is 8.10. The first-order valence-electron chi connectivity index (χ1n) is 10.1. The first-order chi connectivity index (χ1) is 15.5. The number of carbonyl (C=O) groups excluding carboxylic acids is 1. The van der Waals surface area contributed by atoms with Crippen LogP contribution in [0.3, 0.4) is 0 Å². The second kappa shape index (κ2) is 9.76. The summed E-state index contributed by atoms with van der Waals surface area (Å²) in [6, 6.07) is 16.0. The van der Waals surface area contributed by atoms with Gasteiger partial charge in [0.2, 0.25) is 15.9 Å². The lowest BCUT2D eigenvalue weighted by atomic mass is 10.3. The molecule has 8 nitrogen and oxygen atoms in total. The highest BCUT2D eigenvalue weighted by molar-refractivity contribution is 7.99. The van der Waals surface area contributed by atoms with Gasteiger partial charge in [0.05, 0.1) is 23.4 Å². The molecule has 1 aliphatic rings. The molecule has 0 bridgehead atoms. The third-order valence-electron chi connectivity index (χ3n) is 5.24. The Morgan fingerprint density at radius 1 is 1.06 bits per heavy atom. The number of carbonyl (C=O) groups is 1. The lowest BCUT2D eigenvalue weighted by molar-refractivity contribution is -0.129. The Morgan fingerprint density at radius 3 is 2.53 bits per heavy atom. The first-order valence-corrected chi connectivity index (χ1v) is 12.5. The quantitative estimate of drug-likeness (QED) is 0.492. The molecule has 10 heteroatoms.